The van der Waals surface area contributed by atoms with Gasteiger partial charge in [0.2, 0.25) is 0 Å². The quantitative estimate of drug-likeness (QED) is 0.365. The van der Waals surface area contributed by atoms with Gasteiger partial charge in [-0.15, -0.1) is 6.42 Å². The molecule has 0 bridgehead atoms. The second-order valence-electron chi connectivity index (χ2n) is 9.86. The summed E-state index contributed by atoms with van der Waals surface area (Å²) < 4.78 is 5.37. The van der Waals surface area contributed by atoms with E-state index in [4.69, 9.17) is 16.5 Å². The number of fused-ring (bicyclic) bond motifs is 2. The molecule has 2 aliphatic carbocycles. The summed E-state index contributed by atoms with van der Waals surface area (Å²) in [5.74, 6) is 3.97. The van der Waals surface area contributed by atoms with Crippen molar-refractivity contribution < 1.29 is 0 Å². The smallest absolute Gasteiger partial charge is 0.281 e. The Hall–Kier alpha value is -4.18. The largest absolute Gasteiger partial charge is 0.344 e. The molecule has 172 valence electrons. The van der Waals surface area contributed by atoms with Crippen molar-refractivity contribution in [1.82, 2.24) is 29.1 Å². The molecular weight excluding hydrogens is 436 g/mol. The third-order valence-electron chi connectivity index (χ3n) is 7.12. The highest BCUT2D eigenvalue weighted by molar-refractivity contribution is 5.95. The average molecular weight is 461 g/mol. The highest BCUT2D eigenvalue weighted by atomic mass is 16.1. The maximum Gasteiger partial charge on any atom is 0.281 e. The first-order valence-corrected chi connectivity index (χ1v) is 12.1. The zero-order valence-electron chi connectivity index (χ0n) is 19.5. The third-order valence-corrected chi connectivity index (χ3v) is 7.12. The second kappa shape index (κ2) is 7.41. The fraction of sp³-hybridized carbons (Fsp3) is 0.286. The van der Waals surface area contributed by atoms with Gasteiger partial charge in [-0.3, -0.25) is 14.5 Å². The molecule has 1 aromatic carbocycles. The summed E-state index contributed by atoms with van der Waals surface area (Å²) in [4.78, 5) is 18.8. The van der Waals surface area contributed by atoms with Crippen LogP contribution >= 0.6 is 0 Å². The van der Waals surface area contributed by atoms with Crippen LogP contribution in [0.25, 0.3) is 38.8 Å². The van der Waals surface area contributed by atoms with Gasteiger partial charge in [0, 0.05) is 54.7 Å². The van der Waals surface area contributed by atoms with E-state index in [9.17, 15) is 4.79 Å². The molecule has 35 heavy (non-hydrogen) atoms. The molecule has 0 unspecified atom stereocenters. The maximum absolute atomic E-state index is 14.1. The number of rotatable bonds is 5. The van der Waals surface area contributed by atoms with Gasteiger partial charge in [-0.2, -0.15) is 14.9 Å². The fourth-order valence-electron chi connectivity index (χ4n) is 4.97. The number of terminal acetylenes is 1. The van der Waals surface area contributed by atoms with Crippen molar-refractivity contribution in [3.8, 4) is 29.2 Å². The Bertz CT molecular complexity index is 1720. The standard InChI is InChI=1S/C28H24N6O/c1-3-18-16-33(14-17-4-5-17)27-25(20-8-10-23(29-13-20)19-6-7-19)28(35)34(31-26(18)27)22-9-11-24-21(12-22)15-32(2)30-24/h1,8-13,15-17,19H,4-7,14H2,2H3. The van der Waals surface area contributed by atoms with Crippen LogP contribution in [0.5, 0.6) is 0 Å². The molecule has 0 aliphatic heterocycles. The summed E-state index contributed by atoms with van der Waals surface area (Å²) in [6, 6.07) is 9.81. The van der Waals surface area contributed by atoms with Crippen molar-refractivity contribution in [2.75, 3.05) is 0 Å². The molecule has 4 aromatic heterocycles. The zero-order valence-corrected chi connectivity index (χ0v) is 19.5. The van der Waals surface area contributed by atoms with Gasteiger partial charge in [0.1, 0.15) is 5.52 Å². The lowest BCUT2D eigenvalue weighted by Crippen LogP contribution is -2.24. The summed E-state index contributed by atoms with van der Waals surface area (Å²) in [5.41, 5.74) is 6.01. The first-order chi connectivity index (χ1) is 17.1. The van der Waals surface area contributed by atoms with Crippen LogP contribution in [-0.2, 0) is 13.6 Å². The van der Waals surface area contributed by atoms with E-state index in [-0.39, 0.29) is 5.56 Å². The van der Waals surface area contributed by atoms with Crippen LogP contribution in [-0.4, -0.2) is 29.1 Å². The third kappa shape index (κ3) is 3.36. The van der Waals surface area contributed by atoms with Crippen molar-refractivity contribution >= 4 is 21.9 Å². The van der Waals surface area contributed by atoms with Gasteiger partial charge >= 0.3 is 0 Å². The Morgan fingerprint density at radius 1 is 1.09 bits per heavy atom. The molecule has 0 amide bonds. The van der Waals surface area contributed by atoms with Gasteiger partial charge in [0.15, 0.2) is 0 Å². The lowest BCUT2D eigenvalue weighted by atomic mass is 10.1. The normalized spacial score (nSPS) is 15.7. The lowest BCUT2D eigenvalue weighted by Gasteiger charge is -2.13. The van der Waals surface area contributed by atoms with Gasteiger partial charge in [0.05, 0.1) is 27.8 Å². The molecule has 0 atom stereocenters. The summed E-state index contributed by atoms with van der Waals surface area (Å²) in [6.07, 6.45) is 16.4. The van der Waals surface area contributed by atoms with Crippen molar-refractivity contribution in [3.05, 3.63) is 70.5 Å². The van der Waals surface area contributed by atoms with Crippen LogP contribution in [0.2, 0.25) is 0 Å². The summed E-state index contributed by atoms with van der Waals surface area (Å²) in [6.45, 7) is 0.839. The van der Waals surface area contributed by atoms with Crippen LogP contribution in [0, 0.1) is 18.3 Å². The van der Waals surface area contributed by atoms with Crippen molar-refractivity contribution in [3.63, 3.8) is 0 Å². The summed E-state index contributed by atoms with van der Waals surface area (Å²) >= 11 is 0. The van der Waals surface area contributed by atoms with Crippen LogP contribution in [0.1, 0.15) is 42.9 Å². The Kier molecular flexibility index (Phi) is 4.28. The van der Waals surface area contributed by atoms with E-state index in [0.717, 1.165) is 34.2 Å². The molecule has 2 aliphatic rings. The van der Waals surface area contributed by atoms with E-state index < -0.39 is 0 Å². The van der Waals surface area contributed by atoms with Crippen molar-refractivity contribution in [2.24, 2.45) is 13.0 Å². The van der Waals surface area contributed by atoms with Gasteiger partial charge in [-0.25, -0.2) is 0 Å². The molecule has 0 spiro atoms. The molecular formula is C28H24N6O. The monoisotopic (exact) mass is 460 g/mol. The predicted octanol–water partition coefficient (Wildman–Crippen LogP) is 4.40. The number of aromatic nitrogens is 6. The predicted molar refractivity (Wildman–Crippen MR) is 135 cm³/mol. The van der Waals surface area contributed by atoms with Gasteiger partial charge in [0.25, 0.3) is 5.56 Å². The minimum atomic E-state index is -0.180. The van der Waals surface area contributed by atoms with Gasteiger partial charge in [-0.1, -0.05) is 12.0 Å². The van der Waals surface area contributed by atoms with E-state index in [0.29, 0.717) is 34.2 Å². The Morgan fingerprint density at radius 3 is 2.66 bits per heavy atom. The summed E-state index contributed by atoms with van der Waals surface area (Å²) in [7, 11) is 1.88. The van der Waals surface area contributed by atoms with E-state index in [1.807, 2.05) is 49.9 Å². The molecule has 4 heterocycles. The molecule has 0 N–H and O–H groups in total. The minimum Gasteiger partial charge on any atom is -0.344 e. The Balaban J connectivity index is 1.50. The van der Waals surface area contributed by atoms with Crippen LogP contribution in [0.15, 0.2) is 53.7 Å². The molecule has 0 saturated heterocycles. The van der Waals surface area contributed by atoms with E-state index in [1.165, 1.54) is 30.4 Å². The molecule has 2 saturated carbocycles. The topological polar surface area (TPSA) is 70.5 Å². The van der Waals surface area contributed by atoms with E-state index in [2.05, 4.69) is 21.7 Å². The van der Waals surface area contributed by atoms with Gasteiger partial charge < -0.3 is 4.57 Å². The highest BCUT2D eigenvalue weighted by Gasteiger charge is 2.28. The van der Waals surface area contributed by atoms with Gasteiger partial charge in [-0.05, 0) is 55.9 Å². The van der Waals surface area contributed by atoms with E-state index in [1.54, 1.807) is 4.68 Å². The zero-order chi connectivity index (χ0) is 23.7. The Labute approximate surface area is 202 Å². The van der Waals surface area contributed by atoms with Crippen LogP contribution in [0.3, 0.4) is 0 Å². The number of hydrogen-bond acceptors (Lipinski definition) is 4. The first kappa shape index (κ1) is 20.2. The summed E-state index contributed by atoms with van der Waals surface area (Å²) in [5, 5.41) is 10.2. The number of nitrogens with zero attached hydrogens (tertiary/aromatic N) is 6. The van der Waals surface area contributed by atoms with Crippen LogP contribution in [0.4, 0.5) is 0 Å². The minimum absolute atomic E-state index is 0.180. The number of aryl methyl sites for hydroxylation is 1. The van der Waals surface area contributed by atoms with Crippen LogP contribution < -0.4 is 5.56 Å². The molecule has 5 aromatic rings. The first-order valence-electron chi connectivity index (χ1n) is 12.1. The van der Waals surface area contributed by atoms with Crippen molar-refractivity contribution in [1.29, 1.82) is 0 Å². The maximum atomic E-state index is 14.1. The lowest BCUT2D eigenvalue weighted by molar-refractivity contribution is 0.646. The average Bonchev–Trinajstić information content (AvgIpc) is 3.79. The Morgan fingerprint density at radius 2 is 1.94 bits per heavy atom. The molecule has 7 rings (SSSR count). The molecule has 0 radical (unpaired) electrons. The highest BCUT2D eigenvalue weighted by Crippen LogP contribution is 2.40. The van der Waals surface area contributed by atoms with E-state index >= 15 is 0 Å². The fourth-order valence-corrected chi connectivity index (χ4v) is 4.97. The van der Waals surface area contributed by atoms with Crippen molar-refractivity contribution in [2.45, 2.75) is 38.1 Å². The SMILES string of the molecule is C#Cc1cn(CC2CC2)c2c(-c3ccc(C4CC4)nc3)c(=O)n(-c3ccc4nn(C)cc4c3)nc12. The molecule has 7 heteroatoms. The molecule has 7 nitrogen and oxygen atoms in total. The number of benzene rings is 1. The number of pyridine rings is 1. The number of hydrogen-bond donors (Lipinski definition) is 0. The molecule has 2 fully saturated rings. The second-order valence-corrected chi connectivity index (χ2v) is 9.86.